The molecule has 2 aromatic carbocycles. The Morgan fingerprint density at radius 3 is 2.63 bits per heavy atom. The Labute approximate surface area is 192 Å². The number of ether oxygens (including phenoxy) is 1. The van der Waals surface area contributed by atoms with E-state index >= 15 is 0 Å². The maximum Gasteiger partial charge on any atom is 0.252 e. The van der Waals surface area contributed by atoms with Gasteiger partial charge < -0.3 is 15.2 Å². The third-order valence-electron chi connectivity index (χ3n) is 4.16. The number of hydrogen-bond acceptors (Lipinski definition) is 5. The fourth-order valence-electron chi connectivity index (χ4n) is 2.59. The van der Waals surface area contributed by atoms with Crippen LogP contribution < -0.4 is 15.5 Å². The van der Waals surface area contributed by atoms with Crippen molar-refractivity contribution in [1.82, 2.24) is 10.7 Å². The molecule has 0 spiro atoms. The van der Waals surface area contributed by atoms with Crippen molar-refractivity contribution in [3.8, 4) is 11.5 Å². The van der Waals surface area contributed by atoms with Gasteiger partial charge in [0.2, 0.25) is 5.91 Å². The predicted molar refractivity (Wildman–Crippen MR) is 123 cm³/mol. The van der Waals surface area contributed by atoms with E-state index in [0.29, 0.717) is 40.7 Å². The number of unbranched alkanes of at least 4 members (excludes halogenated alkanes) is 2. The van der Waals surface area contributed by atoms with Gasteiger partial charge in [0, 0.05) is 17.4 Å². The summed E-state index contributed by atoms with van der Waals surface area (Å²) in [7, 11) is 1.45. The summed E-state index contributed by atoms with van der Waals surface area (Å²) in [6.07, 6.45) is 4.12. The van der Waals surface area contributed by atoms with E-state index in [4.69, 9.17) is 4.74 Å². The van der Waals surface area contributed by atoms with E-state index in [1.807, 2.05) is 18.2 Å². The number of halogens is 2. The molecule has 160 valence electrons. The van der Waals surface area contributed by atoms with Crippen molar-refractivity contribution in [2.24, 2.45) is 5.10 Å². The highest BCUT2D eigenvalue weighted by atomic mass is 79.9. The van der Waals surface area contributed by atoms with Crippen molar-refractivity contribution < 1.29 is 19.4 Å². The minimum absolute atomic E-state index is 0.00581. The fourth-order valence-corrected chi connectivity index (χ4v) is 3.51. The molecular formula is C21H23Br2N3O4. The van der Waals surface area contributed by atoms with Crippen molar-refractivity contribution in [3.63, 3.8) is 0 Å². The number of nitrogens with one attached hydrogen (secondary N) is 2. The van der Waals surface area contributed by atoms with Crippen LogP contribution in [0.2, 0.25) is 0 Å². The van der Waals surface area contributed by atoms with E-state index in [9.17, 15) is 14.7 Å². The van der Waals surface area contributed by atoms with Gasteiger partial charge in [0.05, 0.1) is 23.4 Å². The lowest BCUT2D eigenvalue weighted by molar-refractivity contribution is -0.121. The molecule has 0 saturated heterocycles. The SMILES string of the molecule is COc1cc(C=NNC(=O)CCCCCNC(=O)c2ccccc2Br)cc(Br)c1O. The summed E-state index contributed by atoms with van der Waals surface area (Å²) in [6, 6.07) is 10.5. The molecule has 0 heterocycles. The van der Waals surface area contributed by atoms with Crippen LogP contribution in [0.5, 0.6) is 11.5 Å². The van der Waals surface area contributed by atoms with Crippen LogP contribution in [-0.4, -0.2) is 36.8 Å². The summed E-state index contributed by atoms with van der Waals surface area (Å²) in [5, 5.41) is 16.6. The number of carbonyl (C=O) groups is 2. The quantitative estimate of drug-likeness (QED) is 0.237. The Morgan fingerprint density at radius 2 is 1.90 bits per heavy atom. The van der Waals surface area contributed by atoms with Crippen LogP contribution in [0.1, 0.15) is 41.6 Å². The number of nitrogens with zero attached hydrogens (tertiary/aromatic N) is 1. The van der Waals surface area contributed by atoms with Crippen LogP contribution in [0, 0.1) is 0 Å². The zero-order valence-electron chi connectivity index (χ0n) is 16.5. The molecule has 0 aliphatic heterocycles. The van der Waals surface area contributed by atoms with Crippen LogP contribution in [0.4, 0.5) is 0 Å². The Bertz CT molecular complexity index is 919. The zero-order chi connectivity index (χ0) is 21.9. The summed E-state index contributed by atoms with van der Waals surface area (Å²) in [5.41, 5.74) is 3.75. The van der Waals surface area contributed by atoms with Gasteiger partial charge in [0.15, 0.2) is 11.5 Å². The molecule has 0 unspecified atom stereocenters. The smallest absolute Gasteiger partial charge is 0.252 e. The van der Waals surface area contributed by atoms with Gasteiger partial charge >= 0.3 is 0 Å². The fraction of sp³-hybridized carbons (Fsp3) is 0.286. The first kappa shape index (κ1) is 23.9. The van der Waals surface area contributed by atoms with Gasteiger partial charge in [-0.15, -0.1) is 0 Å². The molecule has 0 saturated carbocycles. The molecule has 30 heavy (non-hydrogen) atoms. The standard InChI is InChI=1S/C21H23Br2N3O4/c1-30-18-12-14(11-17(23)20(18)28)13-25-26-19(27)9-3-2-6-10-24-21(29)15-7-4-5-8-16(15)22/h4-5,7-8,11-13,28H,2-3,6,9-10H2,1H3,(H,24,29)(H,26,27). The van der Waals surface area contributed by atoms with Crippen LogP contribution in [-0.2, 0) is 4.79 Å². The third kappa shape index (κ3) is 7.46. The monoisotopic (exact) mass is 539 g/mol. The lowest BCUT2D eigenvalue weighted by atomic mass is 10.2. The molecule has 0 radical (unpaired) electrons. The van der Waals surface area contributed by atoms with Gasteiger partial charge in [-0.05, 0) is 74.5 Å². The van der Waals surface area contributed by atoms with Gasteiger partial charge in [-0.1, -0.05) is 18.6 Å². The van der Waals surface area contributed by atoms with E-state index in [-0.39, 0.29) is 17.6 Å². The normalized spacial score (nSPS) is 10.8. The predicted octanol–water partition coefficient (Wildman–Crippen LogP) is 4.37. The number of phenols is 1. The van der Waals surface area contributed by atoms with Crippen molar-refractivity contribution >= 4 is 49.9 Å². The first-order valence-corrected chi connectivity index (χ1v) is 10.9. The molecule has 7 nitrogen and oxygen atoms in total. The van der Waals surface area contributed by atoms with E-state index in [0.717, 1.165) is 17.3 Å². The summed E-state index contributed by atoms with van der Waals surface area (Å²) in [6.45, 7) is 0.553. The topological polar surface area (TPSA) is 100 Å². The first-order chi connectivity index (χ1) is 14.4. The van der Waals surface area contributed by atoms with Crippen molar-refractivity contribution in [1.29, 1.82) is 0 Å². The van der Waals surface area contributed by atoms with Gasteiger partial charge in [0.25, 0.3) is 5.91 Å². The Morgan fingerprint density at radius 1 is 1.13 bits per heavy atom. The second-order valence-corrected chi connectivity index (χ2v) is 8.10. The van der Waals surface area contributed by atoms with Gasteiger partial charge in [-0.3, -0.25) is 9.59 Å². The van der Waals surface area contributed by atoms with Crippen LogP contribution >= 0.6 is 31.9 Å². The van der Waals surface area contributed by atoms with Gasteiger partial charge in [-0.25, -0.2) is 5.43 Å². The van der Waals surface area contributed by atoms with Gasteiger partial charge in [0.1, 0.15) is 0 Å². The first-order valence-electron chi connectivity index (χ1n) is 9.33. The maximum absolute atomic E-state index is 12.1. The molecule has 3 N–H and O–H groups in total. The highest BCUT2D eigenvalue weighted by molar-refractivity contribution is 9.10. The van der Waals surface area contributed by atoms with E-state index in [1.54, 1.807) is 18.2 Å². The molecule has 0 bridgehead atoms. The van der Waals surface area contributed by atoms with E-state index in [2.05, 4.69) is 47.7 Å². The summed E-state index contributed by atoms with van der Waals surface area (Å²) in [5.74, 6) is 0.00973. The molecular weight excluding hydrogens is 518 g/mol. The Hall–Kier alpha value is -2.39. The van der Waals surface area contributed by atoms with Crippen LogP contribution in [0.3, 0.4) is 0 Å². The summed E-state index contributed by atoms with van der Waals surface area (Å²) < 4.78 is 6.30. The number of hydrazone groups is 1. The molecule has 0 aliphatic rings. The molecule has 9 heteroatoms. The molecule has 2 rings (SSSR count). The average molecular weight is 541 g/mol. The second kappa shape index (κ2) is 12.3. The zero-order valence-corrected chi connectivity index (χ0v) is 19.6. The lowest BCUT2D eigenvalue weighted by Crippen LogP contribution is -2.24. The van der Waals surface area contributed by atoms with Crippen molar-refractivity contribution in [2.45, 2.75) is 25.7 Å². The average Bonchev–Trinajstić information content (AvgIpc) is 2.73. The number of rotatable bonds is 10. The number of methoxy groups -OCH3 is 1. The molecule has 0 aromatic heterocycles. The van der Waals surface area contributed by atoms with Crippen LogP contribution in [0.15, 0.2) is 50.4 Å². The highest BCUT2D eigenvalue weighted by Gasteiger charge is 2.09. The van der Waals surface area contributed by atoms with E-state index < -0.39 is 0 Å². The molecule has 2 amide bonds. The van der Waals surface area contributed by atoms with Crippen LogP contribution in [0.25, 0.3) is 0 Å². The number of carbonyl (C=O) groups excluding carboxylic acids is 2. The number of benzene rings is 2. The Kier molecular flexibility index (Phi) is 9.82. The highest BCUT2D eigenvalue weighted by Crippen LogP contribution is 2.34. The maximum atomic E-state index is 12.1. The molecule has 0 atom stereocenters. The van der Waals surface area contributed by atoms with Crippen molar-refractivity contribution in [2.75, 3.05) is 13.7 Å². The summed E-state index contributed by atoms with van der Waals surface area (Å²) in [4.78, 5) is 23.9. The third-order valence-corrected chi connectivity index (χ3v) is 5.45. The minimum Gasteiger partial charge on any atom is -0.503 e. The van der Waals surface area contributed by atoms with Gasteiger partial charge in [-0.2, -0.15) is 5.10 Å². The number of amides is 2. The Balaban J connectivity index is 1.64. The minimum atomic E-state index is -0.187. The largest absolute Gasteiger partial charge is 0.503 e. The van der Waals surface area contributed by atoms with Crippen molar-refractivity contribution in [3.05, 3.63) is 56.5 Å². The molecule has 0 fully saturated rings. The molecule has 2 aromatic rings. The number of hydrogen-bond donors (Lipinski definition) is 3. The second-order valence-electron chi connectivity index (χ2n) is 6.39. The summed E-state index contributed by atoms with van der Waals surface area (Å²) >= 11 is 6.59. The number of aromatic hydroxyl groups is 1. The van der Waals surface area contributed by atoms with E-state index in [1.165, 1.54) is 13.3 Å². The molecule has 0 aliphatic carbocycles. The number of phenolic OH excluding ortho intramolecular Hbond substituents is 1. The lowest BCUT2D eigenvalue weighted by Gasteiger charge is -2.07.